The van der Waals surface area contributed by atoms with Crippen molar-refractivity contribution in [2.24, 2.45) is 0 Å². The first-order valence-corrected chi connectivity index (χ1v) is 6.54. The third-order valence-electron chi connectivity index (χ3n) is 3.58. The Morgan fingerprint density at radius 2 is 1.90 bits per heavy atom. The van der Waals surface area contributed by atoms with Crippen LogP contribution >= 0.6 is 0 Å². The summed E-state index contributed by atoms with van der Waals surface area (Å²) in [6, 6.07) is 9.21. The molecule has 1 aromatic heterocycles. The van der Waals surface area contributed by atoms with Crippen LogP contribution < -0.4 is 5.73 Å². The van der Waals surface area contributed by atoms with Crippen LogP contribution in [0.2, 0.25) is 0 Å². The molecule has 2 aromatic rings. The van der Waals surface area contributed by atoms with E-state index in [0.717, 1.165) is 11.1 Å². The number of benzene rings is 1. The molecule has 0 spiro atoms. The van der Waals surface area contributed by atoms with E-state index in [-0.39, 0.29) is 11.9 Å². The van der Waals surface area contributed by atoms with Crippen molar-refractivity contribution in [1.82, 2.24) is 9.88 Å². The number of pyridine rings is 1. The van der Waals surface area contributed by atoms with E-state index >= 15 is 0 Å². The summed E-state index contributed by atoms with van der Waals surface area (Å²) in [5.41, 5.74) is 9.00. The molecule has 0 saturated carbocycles. The van der Waals surface area contributed by atoms with E-state index in [1.807, 2.05) is 32.0 Å². The molecule has 1 aromatic carbocycles. The molecule has 4 nitrogen and oxygen atoms in total. The summed E-state index contributed by atoms with van der Waals surface area (Å²) < 4.78 is 0. The lowest BCUT2D eigenvalue weighted by Gasteiger charge is -2.26. The van der Waals surface area contributed by atoms with Crippen LogP contribution in [0.25, 0.3) is 0 Å². The van der Waals surface area contributed by atoms with Crippen molar-refractivity contribution in [2.75, 3.05) is 12.8 Å². The molecule has 2 rings (SSSR count). The highest BCUT2D eigenvalue weighted by atomic mass is 16.2. The van der Waals surface area contributed by atoms with Crippen molar-refractivity contribution in [3.05, 3.63) is 59.4 Å². The Bertz CT molecular complexity index is 610. The molecular formula is C16H19N3O. The maximum atomic E-state index is 12.6. The fraction of sp³-hybridized carbons (Fsp3) is 0.250. The van der Waals surface area contributed by atoms with Crippen LogP contribution in [0.1, 0.15) is 34.5 Å². The van der Waals surface area contributed by atoms with Crippen LogP contribution in [-0.2, 0) is 0 Å². The van der Waals surface area contributed by atoms with Crippen LogP contribution in [0.5, 0.6) is 0 Å². The van der Waals surface area contributed by atoms with Gasteiger partial charge in [-0.05, 0) is 49.2 Å². The van der Waals surface area contributed by atoms with Crippen molar-refractivity contribution >= 4 is 11.6 Å². The molecule has 0 bridgehead atoms. The van der Waals surface area contributed by atoms with Gasteiger partial charge in [0.1, 0.15) is 0 Å². The zero-order valence-corrected chi connectivity index (χ0v) is 12.0. The summed E-state index contributed by atoms with van der Waals surface area (Å²) in [5.74, 6) is -0.0286. The van der Waals surface area contributed by atoms with Crippen LogP contribution in [0.4, 0.5) is 5.69 Å². The fourth-order valence-electron chi connectivity index (χ4n) is 2.10. The summed E-state index contributed by atoms with van der Waals surface area (Å²) in [7, 11) is 1.80. The van der Waals surface area contributed by atoms with Gasteiger partial charge in [-0.2, -0.15) is 0 Å². The number of hydrogen-bond donors (Lipinski definition) is 1. The summed E-state index contributed by atoms with van der Waals surface area (Å²) in [6.45, 7) is 3.91. The van der Waals surface area contributed by atoms with Crippen molar-refractivity contribution < 1.29 is 4.79 Å². The topological polar surface area (TPSA) is 59.2 Å². The second-order valence-electron chi connectivity index (χ2n) is 4.95. The van der Waals surface area contributed by atoms with E-state index in [4.69, 9.17) is 5.73 Å². The van der Waals surface area contributed by atoms with Crippen LogP contribution in [0, 0.1) is 6.92 Å². The van der Waals surface area contributed by atoms with Gasteiger partial charge in [0.05, 0.1) is 6.04 Å². The molecule has 0 aliphatic rings. The third-order valence-corrected chi connectivity index (χ3v) is 3.58. The Hall–Kier alpha value is -2.36. The van der Waals surface area contributed by atoms with E-state index in [9.17, 15) is 4.79 Å². The molecule has 1 amide bonds. The summed E-state index contributed by atoms with van der Waals surface area (Å²) in [4.78, 5) is 18.3. The molecule has 1 atom stereocenters. The number of hydrogen-bond acceptors (Lipinski definition) is 3. The van der Waals surface area contributed by atoms with Gasteiger partial charge in [0.25, 0.3) is 5.91 Å². The van der Waals surface area contributed by atoms with Crippen LogP contribution in [0.3, 0.4) is 0 Å². The Kier molecular flexibility index (Phi) is 4.03. The molecule has 1 unspecified atom stereocenters. The summed E-state index contributed by atoms with van der Waals surface area (Å²) in [6.07, 6.45) is 3.46. The molecule has 20 heavy (non-hydrogen) atoms. The molecule has 0 fully saturated rings. The number of amides is 1. The number of rotatable bonds is 3. The normalized spacial score (nSPS) is 11.9. The minimum absolute atomic E-state index is 0.0219. The van der Waals surface area contributed by atoms with Crippen molar-refractivity contribution in [3.8, 4) is 0 Å². The van der Waals surface area contributed by atoms with Crippen molar-refractivity contribution in [1.29, 1.82) is 0 Å². The predicted molar refractivity (Wildman–Crippen MR) is 80.3 cm³/mol. The van der Waals surface area contributed by atoms with E-state index < -0.39 is 0 Å². The number of nitrogen functional groups attached to an aromatic ring is 1. The van der Waals surface area contributed by atoms with Crippen molar-refractivity contribution in [2.45, 2.75) is 19.9 Å². The average molecular weight is 269 g/mol. The standard InChI is InChI=1S/C16H19N3O/c1-11-4-5-14(17)10-15(11)16(20)19(3)12(2)13-6-8-18-9-7-13/h4-10,12H,17H2,1-3H3. The Morgan fingerprint density at radius 3 is 2.55 bits per heavy atom. The average Bonchev–Trinajstić information content (AvgIpc) is 2.48. The Morgan fingerprint density at radius 1 is 1.25 bits per heavy atom. The number of aryl methyl sites for hydroxylation is 1. The number of aromatic nitrogens is 1. The number of carbonyl (C=O) groups is 1. The van der Waals surface area contributed by atoms with Gasteiger partial charge in [0.2, 0.25) is 0 Å². The zero-order chi connectivity index (χ0) is 14.7. The van der Waals surface area contributed by atoms with Gasteiger partial charge in [-0.25, -0.2) is 0 Å². The number of anilines is 1. The van der Waals surface area contributed by atoms with Gasteiger partial charge in [-0.3, -0.25) is 9.78 Å². The lowest BCUT2D eigenvalue weighted by Crippen LogP contribution is -2.30. The first-order valence-electron chi connectivity index (χ1n) is 6.54. The maximum Gasteiger partial charge on any atom is 0.254 e. The van der Waals surface area contributed by atoms with Gasteiger partial charge in [-0.1, -0.05) is 6.07 Å². The molecule has 0 aliphatic carbocycles. The van der Waals surface area contributed by atoms with E-state index in [0.29, 0.717) is 11.3 Å². The van der Waals surface area contributed by atoms with Gasteiger partial charge in [0.15, 0.2) is 0 Å². The smallest absolute Gasteiger partial charge is 0.254 e. The summed E-state index contributed by atoms with van der Waals surface area (Å²) in [5, 5.41) is 0. The monoisotopic (exact) mass is 269 g/mol. The largest absolute Gasteiger partial charge is 0.399 e. The highest BCUT2D eigenvalue weighted by Gasteiger charge is 2.20. The van der Waals surface area contributed by atoms with Gasteiger partial charge in [0, 0.05) is 30.7 Å². The highest BCUT2D eigenvalue weighted by molar-refractivity contribution is 5.96. The Labute approximate surface area is 119 Å². The van der Waals surface area contributed by atoms with Crippen LogP contribution in [-0.4, -0.2) is 22.8 Å². The maximum absolute atomic E-state index is 12.6. The molecule has 0 aliphatic heterocycles. The van der Waals surface area contributed by atoms with Crippen molar-refractivity contribution in [3.63, 3.8) is 0 Å². The van der Waals surface area contributed by atoms with E-state index in [1.54, 1.807) is 36.5 Å². The van der Waals surface area contributed by atoms with E-state index in [2.05, 4.69) is 4.98 Å². The minimum atomic E-state index is -0.0286. The number of nitrogens with two attached hydrogens (primary N) is 1. The van der Waals surface area contributed by atoms with E-state index in [1.165, 1.54) is 0 Å². The third kappa shape index (κ3) is 2.79. The van der Waals surface area contributed by atoms with Crippen LogP contribution in [0.15, 0.2) is 42.7 Å². The molecule has 0 radical (unpaired) electrons. The second-order valence-corrected chi connectivity index (χ2v) is 4.95. The molecule has 0 saturated heterocycles. The minimum Gasteiger partial charge on any atom is -0.399 e. The summed E-state index contributed by atoms with van der Waals surface area (Å²) >= 11 is 0. The second kappa shape index (κ2) is 5.74. The van der Waals surface area contributed by atoms with Gasteiger partial charge >= 0.3 is 0 Å². The van der Waals surface area contributed by atoms with Gasteiger partial charge in [-0.15, -0.1) is 0 Å². The SMILES string of the molecule is Cc1ccc(N)cc1C(=O)N(C)C(C)c1ccncc1. The Balaban J connectivity index is 2.27. The molecule has 104 valence electrons. The fourth-order valence-corrected chi connectivity index (χ4v) is 2.10. The highest BCUT2D eigenvalue weighted by Crippen LogP contribution is 2.22. The number of carbonyl (C=O) groups excluding carboxylic acids is 1. The first-order chi connectivity index (χ1) is 9.50. The first kappa shape index (κ1) is 14.1. The molecule has 4 heteroatoms. The molecule has 2 N–H and O–H groups in total. The zero-order valence-electron chi connectivity index (χ0n) is 12.0. The predicted octanol–water partition coefficient (Wildman–Crippen LogP) is 2.81. The van der Waals surface area contributed by atoms with Gasteiger partial charge < -0.3 is 10.6 Å². The number of nitrogens with zero attached hydrogens (tertiary/aromatic N) is 2. The lowest BCUT2D eigenvalue weighted by molar-refractivity contribution is 0.0742. The molecular weight excluding hydrogens is 250 g/mol. The quantitative estimate of drug-likeness (QED) is 0.872. The molecule has 1 heterocycles. The lowest BCUT2D eigenvalue weighted by atomic mass is 10.0.